The predicted octanol–water partition coefficient (Wildman–Crippen LogP) is -0.516. The van der Waals surface area contributed by atoms with Crippen molar-refractivity contribution in [3.05, 3.63) is 132 Å². The van der Waals surface area contributed by atoms with Gasteiger partial charge in [0.25, 0.3) is 0 Å². The van der Waals surface area contributed by atoms with E-state index < -0.39 is 0 Å². The molecule has 0 radical (unpaired) electrons. The van der Waals surface area contributed by atoms with Gasteiger partial charge in [-0.1, -0.05) is 61.7 Å². The van der Waals surface area contributed by atoms with Crippen LogP contribution in [0.4, 0.5) is 11.4 Å². The Hall–Kier alpha value is -3.10. The highest BCUT2D eigenvalue weighted by Gasteiger charge is 2.75. The number of anilines is 2. The van der Waals surface area contributed by atoms with E-state index in [1.807, 2.05) is 0 Å². The maximum atomic E-state index is 10.5. The minimum atomic E-state index is 0. The lowest BCUT2D eigenvalue weighted by atomic mass is 9.56. The molecule has 11 rings (SSSR count). The van der Waals surface area contributed by atoms with Gasteiger partial charge in [-0.3, -0.25) is 0 Å². The summed E-state index contributed by atoms with van der Waals surface area (Å²) < 4.78 is 2.12. The monoisotopic (exact) mass is 736 g/mol. The summed E-state index contributed by atoms with van der Waals surface area (Å²) in [5.74, 6) is 0.615. The molecule has 272 valence electrons. The van der Waals surface area contributed by atoms with Gasteiger partial charge in [0.1, 0.15) is 25.2 Å². The maximum absolute atomic E-state index is 10.5. The van der Waals surface area contributed by atoms with Crippen LogP contribution in [0.5, 0.6) is 0 Å². The van der Waals surface area contributed by atoms with Crippen molar-refractivity contribution in [1.82, 2.24) is 0 Å². The van der Waals surface area contributed by atoms with E-state index >= 15 is 0 Å². The zero-order valence-electron chi connectivity index (χ0n) is 29.9. The fraction of sp³-hybridized carbons (Fsp3) is 0.455. The van der Waals surface area contributed by atoms with Crippen molar-refractivity contribution < 1.29 is 44.0 Å². The molecule has 2 N–H and O–H groups in total. The topological polar surface area (TPSA) is 46.9 Å². The van der Waals surface area contributed by atoms with Crippen molar-refractivity contribution in [2.45, 2.75) is 60.7 Å². The van der Waals surface area contributed by atoms with E-state index in [2.05, 4.69) is 108 Å². The Morgan fingerprint density at radius 3 is 1.50 bits per heavy atom. The first-order valence-corrected chi connectivity index (χ1v) is 19.2. The standard InChI is InChI=1S/C44H50N4O2.2ClH/c1-3-17-47-19-15-43-35-9-5-7-11-37(35)45-26-34-32-24-40-44(16-20-48(40,18-4-2)28-30(32)14-22-50)36-10-6-8-12-38(36)46(42(34)44)25-33(41(43)45)31(23-39(43)47)29(27-47)13-21-49;;/h3-14,25-26,31-32,39-42,49-50H,1-2,15-24,27-28H2;2*1H/q+2;;/p-2. The third-order valence-electron chi connectivity index (χ3n) is 15.9. The van der Waals surface area contributed by atoms with Crippen LogP contribution in [-0.2, 0) is 10.8 Å². The van der Waals surface area contributed by atoms with Gasteiger partial charge in [-0.25, -0.2) is 0 Å². The predicted molar refractivity (Wildman–Crippen MR) is 198 cm³/mol. The number of benzene rings is 2. The Balaban J connectivity index is 0.00000180. The molecular formula is C44H50Cl2N4O2. The molecule has 7 aliphatic heterocycles. The number of aliphatic hydroxyl groups is 2. The summed E-state index contributed by atoms with van der Waals surface area (Å²) in [5.41, 5.74) is 11.8. The fourth-order valence-electron chi connectivity index (χ4n) is 14.6. The molecule has 0 amide bonds. The smallest absolute Gasteiger partial charge is 0.103 e. The number of rotatable bonds is 6. The number of nitrogens with zero attached hydrogens (tertiary/aromatic N) is 4. The SMILES string of the molecule is C=CC[N+]12CCC34c5ccccc5N5C=C6C7CC8C9(CC[N+]8(CC=C)CC7=CCO)c7ccccc7N(C=C(C(CC31)C(=CCO)C2)C54)C69.[Cl-].[Cl-]. The van der Waals surface area contributed by atoms with E-state index in [-0.39, 0.29) is 60.9 Å². The van der Waals surface area contributed by atoms with Gasteiger partial charge in [0, 0.05) is 61.3 Å². The molecule has 2 saturated carbocycles. The van der Waals surface area contributed by atoms with Crippen LogP contribution >= 0.6 is 0 Å². The molecule has 4 bridgehead atoms. The summed E-state index contributed by atoms with van der Waals surface area (Å²) in [5, 5.41) is 20.9. The average molecular weight is 738 g/mol. The Morgan fingerprint density at radius 1 is 0.673 bits per heavy atom. The summed E-state index contributed by atoms with van der Waals surface area (Å²) in [6.07, 6.45) is 18.6. The van der Waals surface area contributed by atoms with Gasteiger partial charge in [0.05, 0.1) is 62.3 Å². The van der Waals surface area contributed by atoms with Crippen LogP contribution < -0.4 is 34.6 Å². The van der Waals surface area contributed by atoms with Gasteiger partial charge in [-0.05, 0) is 57.7 Å². The first-order chi connectivity index (χ1) is 24.5. The van der Waals surface area contributed by atoms with E-state index in [0.717, 1.165) is 73.9 Å². The molecule has 2 aliphatic carbocycles. The van der Waals surface area contributed by atoms with E-state index in [1.54, 1.807) is 11.1 Å². The minimum absolute atomic E-state index is 0. The first-order valence-electron chi connectivity index (χ1n) is 19.2. The van der Waals surface area contributed by atoms with Crippen LogP contribution in [0.2, 0.25) is 0 Å². The lowest BCUT2D eigenvalue weighted by Gasteiger charge is -2.59. The molecule has 7 heterocycles. The molecule has 6 fully saturated rings. The maximum Gasteiger partial charge on any atom is 0.103 e. The van der Waals surface area contributed by atoms with Crippen LogP contribution in [0, 0.1) is 11.8 Å². The lowest BCUT2D eigenvalue weighted by molar-refractivity contribution is -0.937. The van der Waals surface area contributed by atoms with E-state index in [1.165, 1.54) is 33.6 Å². The van der Waals surface area contributed by atoms with Crippen LogP contribution in [0.3, 0.4) is 0 Å². The molecule has 10 unspecified atom stereocenters. The van der Waals surface area contributed by atoms with Crippen molar-refractivity contribution in [2.24, 2.45) is 11.8 Å². The van der Waals surface area contributed by atoms with Gasteiger partial charge in [-0.2, -0.15) is 0 Å². The third-order valence-corrected chi connectivity index (χ3v) is 15.9. The molecule has 2 spiro atoms. The highest BCUT2D eigenvalue weighted by Crippen LogP contribution is 2.69. The highest BCUT2D eigenvalue weighted by atomic mass is 35.5. The normalized spacial score (nSPS) is 41.7. The van der Waals surface area contributed by atoms with Crippen molar-refractivity contribution >= 4 is 11.4 Å². The van der Waals surface area contributed by atoms with Crippen molar-refractivity contribution in [1.29, 1.82) is 0 Å². The highest BCUT2D eigenvalue weighted by molar-refractivity contribution is 5.77. The third kappa shape index (κ3) is 3.82. The van der Waals surface area contributed by atoms with Crippen molar-refractivity contribution in [3.63, 3.8) is 0 Å². The second-order valence-corrected chi connectivity index (χ2v) is 17.2. The Kier molecular flexibility index (Phi) is 7.80. The number of para-hydroxylation sites is 2. The molecule has 52 heavy (non-hydrogen) atoms. The summed E-state index contributed by atoms with van der Waals surface area (Å²) in [6, 6.07) is 20.3. The van der Waals surface area contributed by atoms with Crippen LogP contribution in [0.1, 0.15) is 36.8 Å². The average Bonchev–Trinajstić information content (AvgIpc) is 3.81. The molecule has 8 heteroatoms. The van der Waals surface area contributed by atoms with E-state index in [9.17, 15) is 10.2 Å². The van der Waals surface area contributed by atoms with E-state index in [4.69, 9.17) is 0 Å². The Morgan fingerprint density at radius 2 is 1.10 bits per heavy atom. The number of hydrogen-bond acceptors (Lipinski definition) is 4. The molecule has 4 saturated heterocycles. The molecule has 2 aromatic carbocycles. The molecular weight excluding hydrogens is 687 g/mol. The van der Waals surface area contributed by atoms with Crippen LogP contribution in [-0.4, -0.2) is 95.8 Å². The minimum Gasteiger partial charge on any atom is -1.00 e. The zero-order valence-corrected chi connectivity index (χ0v) is 31.4. The molecule has 9 aliphatic rings. The largest absolute Gasteiger partial charge is 1.00 e. The Bertz CT molecular complexity index is 1860. The Labute approximate surface area is 320 Å². The molecule has 6 nitrogen and oxygen atoms in total. The first kappa shape index (κ1) is 34.7. The van der Waals surface area contributed by atoms with Gasteiger partial charge >= 0.3 is 0 Å². The van der Waals surface area contributed by atoms with Gasteiger partial charge in [0.2, 0.25) is 0 Å². The summed E-state index contributed by atoms with van der Waals surface area (Å²) >= 11 is 0. The summed E-state index contributed by atoms with van der Waals surface area (Å²) in [6.45, 7) is 15.0. The van der Waals surface area contributed by atoms with Gasteiger partial charge < -0.3 is 53.8 Å². The second kappa shape index (κ2) is 11.7. The van der Waals surface area contributed by atoms with Crippen molar-refractivity contribution in [2.75, 3.05) is 62.3 Å². The quantitative estimate of drug-likeness (QED) is 0.310. The number of fused-ring (bicyclic) bond motifs is 8. The second-order valence-electron chi connectivity index (χ2n) is 17.2. The van der Waals surface area contributed by atoms with Crippen molar-refractivity contribution in [3.8, 4) is 0 Å². The summed E-state index contributed by atoms with van der Waals surface area (Å²) in [7, 11) is 0. The van der Waals surface area contributed by atoms with Gasteiger partial charge in [0.15, 0.2) is 0 Å². The number of halogens is 2. The summed E-state index contributed by atoms with van der Waals surface area (Å²) in [4.78, 5) is 5.54. The molecule has 2 aromatic rings. The number of aliphatic hydroxyl groups excluding tert-OH is 2. The zero-order chi connectivity index (χ0) is 33.6. The molecule has 0 aromatic heterocycles. The number of piperidine rings is 2. The molecule has 10 atom stereocenters. The van der Waals surface area contributed by atoms with E-state index in [0.29, 0.717) is 23.9 Å². The van der Waals surface area contributed by atoms with Crippen LogP contribution in [0.15, 0.2) is 121 Å². The van der Waals surface area contributed by atoms with Crippen LogP contribution in [0.25, 0.3) is 0 Å². The number of hydrogen-bond donors (Lipinski definition) is 2. The van der Waals surface area contributed by atoms with Gasteiger partial charge in [-0.15, -0.1) is 0 Å². The lowest BCUT2D eigenvalue weighted by Crippen LogP contribution is -3.00. The fourth-order valence-corrected chi connectivity index (χ4v) is 14.6. The number of quaternary nitrogens is 2.